The minimum Gasteiger partial charge on any atom is -0.460 e. The predicted molar refractivity (Wildman–Crippen MR) is 470 cm³/mol. The monoisotopic (exact) mass is 1770 g/mol. The smallest absolute Gasteiger partial charge is 0.407 e. The predicted octanol–water partition coefficient (Wildman–Crippen LogP) is 9.18. The number of carbonyl (C=O) groups excluding carboxylic acids is 7. The second kappa shape index (κ2) is 50.9. The number of carbonyl (C=O) groups is 7. The number of rotatable bonds is 37. The quantitative estimate of drug-likeness (QED) is 0.0107. The van der Waals surface area contributed by atoms with Crippen LogP contribution in [0.15, 0.2) is 94.7 Å². The van der Waals surface area contributed by atoms with Crippen LogP contribution in [0.1, 0.15) is 149 Å². The number of amides is 3. The fourth-order valence-electron chi connectivity index (χ4n) is 17.1. The van der Waals surface area contributed by atoms with Crippen molar-refractivity contribution in [3.05, 3.63) is 107 Å². The third-order valence-corrected chi connectivity index (χ3v) is 24.5. The third-order valence-electron chi connectivity index (χ3n) is 24.5. The van der Waals surface area contributed by atoms with Gasteiger partial charge in [-0.25, -0.2) is 24.2 Å². The number of anilines is 2. The summed E-state index contributed by atoms with van der Waals surface area (Å²) in [6.45, 7) is 20.2. The summed E-state index contributed by atoms with van der Waals surface area (Å²) in [5.74, 6) is -8.31. The molecule has 3 amide bonds. The van der Waals surface area contributed by atoms with Crippen LogP contribution in [-0.2, 0) is 115 Å². The van der Waals surface area contributed by atoms with Gasteiger partial charge in [0.2, 0.25) is 11.7 Å². The summed E-state index contributed by atoms with van der Waals surface area (Å²) in [4.78, 5) is 115. The fourth-order valence-corrected chi connectivity index (χ4v) is 17.1. The Morgan fingerprint density at radius 2 is 1.39 bits per heavy atom. The first-order valence-corrected chi connectivity index (χ1v) is 44.8. The molecule has 2 bridgehead atoms. The summed E-state index contributed by atoms with van der Waals surface area (Å²) in [7, 11) is 4.49. The molecular formula is C93H134N10O24. The molecule has 5 aliphatic rings. The number of nitrogens with one attached hydrogen (secondary N) is 1. The molecule has 1 saturated carbocycles. The SMILES string of the molecule is CO[C@H]1C[C@@H]2CC[C@@H](C)[C@@](O)(O2)C(=O)C(=O)N2CCCCC2C(=O)OC([C@H](C)C[C@@H]2CCC(OC(=O)NCCOCCOCCOCCOCCOCCOCCOCCOCCC(=O)N3CCc4cc(Cn5nc(-c6ccc7oc(N)nc7c6)c6c(N)ncnc65)ccc4C3)[C@H](OC)C2)CC(=O)[C@H](C)/C=C(\C)[C@@H](O)[C@@H](OC)C(=O)[C@H](C)C[C@H](C)/C=C/C=C/C=C/1C. The maximum atomic E-state index is 14.8. The molecule has 3 fully saturated rings. The number of aliphatic hydroxyl groups is 2. The molecule has 7 heterocycles. The number of nitrogens with two attached hydrogens (primary N) is 2. The van der Waals surface area contributed by atoms with E-state index in [1.807, 2.05) is 72.9 Å². The summed E-state index contributed by atoms with van der Waals surface area (Å²) in [5.41, 5.74) is 19.9. The minimum absolute atomic E-state index is 0.0193. The van der Waals surface area contributed by atoms with Gasteiger partial charge in [-0.3, -0.25) is 24.0 Å². The number of aromatic nitrogens is 5. The Bertz CT molecular complexity index is 4510. The normalized spacial score (nSPS) is 27.0. The summed E-state index contributed by atoms with van der Waals surface area (Å²) in [5, 5.41) is 32.1. The van der Waals surface area contributed by atoms with Crippen molar-refractivity contribution in [1.82, 2.24) is 39.8 Å². The molecule has 0 spiro atoms. The molecule has 3 unspecified atom stereocenters. The molecule has 700 valence electrons. The lowest BCUT2D eigenvalue weighted by Crippen LogP contribution is -2.61. The Labute approximate surface area is 744 Å². The molecule has 4 aliphatic heterocycles. The highest BCUT2D eigenvalue weighted by atomic mass is 16.6. The molecule has 3 aromatic heterocycles. The highest BCUT2D eigenvalue weighted by Gasteiger charge is 2.53. The summed E-state index contributed by atoms with van der Waals surface area (Å²) < 4.78 is 88.3. The van der Waals surface area contributed by atoms with Crippen LogP contribution in [0, 0.1) is 35.5 Å². The van der Waals surface area contributed by atoms with Gasteiger partial charge in [-0.05, 0) is 148 Å². The van der Waals surface area contributed by atoms with E-state index in [0.717, 1.165) is 28.7 Å². The van der Waals surface area contributed by atoms with Gasteiger partial charge in [-0.1, -0.05) is 89.3 Å². The van der Waals surface area contributed by atoms with E-state index < -0.39 is 102 Å². The van der Waals surface area contributed by atoms with E-state index in [2.05, 4.69) is 38.5 Å². The second-order valence-electron chi connectivity index (χ2n) is 33.9. The summed E-state index contributed by atoms with van der Waals surface area (Å²) in [6, 6.07) is 10.7. The van der Waals surface area contributed by atoms with Crippen LogP contribution in [0.3, 0.4) is 0 Å². The van der Waals surface area contributed by atoms with Crippen molar-refractivity contribution in [3.63, 3.8) is 0 Å². The molecule has 5 aromatic rings. The molecule has 7 N–H and O–H groups in total. The highest BCUT2D eigenvalue weighted by Crippen LogP contribution is 2.40. The Morgan fingerprint density at radius 3 is 2.06 bits per heavy atom. The first-order valence-electron chi connectivity index (χ1n) is 44.8. The average Bonchev–Trinajstić information content (AvgIpc) is 1.71. The standard InChI is InChI=1S/C93H134N10O24/c1-59-16-12-11-13-17-60(2)77(113-8)54-71-24-19-65(7)93(112,127-71)86(108)89(109)102-30-15-14-18-73(102)90(110)124-78(55-74(104)61(3)49-64(6)84(107)85(115-10)83(106)63(5)48-59)62(4)50-66-21-25-76(79(52-66)114-9)126-92(111)96-29-33-117-35-37-119-39-41-121-43-45-123-47-46-122-44-42-120-40-38-118-36-34-116-32-28-80(105)101-31-27-68-51-67(20-22-70(68)57-101)56-103-88-81(87(94)97-58-98-88)82(100-103)69-23-26-75-72(53-69)99-91(95)125-75/h11-13,16-17,20,22-23,26,49,51,53,58-59,61-63,65-66,71,73,76-79,84-85,107,112H,14-15,18-19,21,24-25,27-48,50,52,54-57H2,1-10H3,(H2,95,99)(H,96,111)(H2,94,97,98)/b13-11+,16-12+,60-17+,64-49+/t59-,61-,62-,63-,65-,66+,71+,73?,76?,77+,78?,79-,84-,85+,93-/m1/s1. The van der Waals surface area contributed by atoms with E-state index in [0.29, 0.717) is 216 Å². The van der Waals surface area contributed by atoms with Gasteiger partial charge in [0.05, 0.1) is 142 Å². The number of Topliss-reactive ketones (excluding diaryl/α,β-unsaturated/α-hetero) is 3. The van der Waals surface area contributed by atoms with Crippen LogP contribution >= 0.6 is 0 Å². The minimum atomic E-state index is -2.48. The molecular weight excluding hydrogens is 1640 g/mol. The molecule has 10 rings (SSSR count). The number of hydrogen-bond acceptors (Lipinski definition) is 30. The van der Waals surface area contributed by atoms with Crippen LogP contribution in [0.25, 0.3) is 33.4 Å². The Kier molecular flexibility index (Phi) is 40.2. The van der Waals surface area contributed by atoms with Gasteiger partial charge >= 0.3 is 12.1 Å². The number of ketones is 3. The lowest BCUT2D eigenvalue weighted by molar-refractivity contribution is -0.265. The van der Waals surface area contributed by atoms with Gasteiger partial charge in [0.15, 0.2) is 17.0 Å². The summed E-state index contributed by atoms with van der Waals surface area (Å²) in [6.07, 6.45) is 11.8. The van der Waals surface area contributed by atoms with Crippen molar-refractivity contribution in [2.45, 2.75) is 206 Å². The Morgan fingerprint density at radius 1 is 0.709 bits per heavy atom. The Balaban J connectivity index is 0.552. The van der Waals surface area contributed by atoms with Crippen LogP contribution < -0.4 is 16.8 Å². The van der Waals surface area contributed by atoms with E-state index in [1.54, 1.807) is 54.1 Å². The number of methoxy groups -OCH3 is 3. The lowest BCUT2D eigenvalue weighted by Gasteiger charge is -2.42. The van der Waals surface area contributed by atoms with E-state index in [4.69, 9.17) is 87.3 Å². The maximum Gasteiger partial charge on any atom is 0.407 e. The lowest BCUT2D eigenvalue weighted by atomic mass is 9.78. The largest absolute Gasteiger partial charge is 0.460 e. The van der Waals surface area contributed by atoms with Gasteiger partial charge in [-0.2, -0.15) is 10.1 Å². The number of allylic oxidation sites excluding steroid dienone is 6. The molecule has 34 nitrogen and oxygen atoms in total. The zero-order valence-corrected chi connectivity index (χ0v) is 75.5. The van der Waals surface area contributed by atoms with Gasteiger partial charge in [0, 0.05) is 83.7 Å². The van der Waals surface area contributed by atoms with Crippen LogP contribution in [-0.4, -0.2) is 287 Å². The van der Waals surface area contributed by atoms with Crippen molar-refractivity contribution in [2.24, 2.45) is 35.5 Å². The van der Waals surface area contributed by atoms with Crippen LogP contribution in [0.2, 0.25) is 0 Å². The molecule has 1 aliphatic carbocycles. The Hall–Kier alpha value is -8.85. The zero-order chi connectivity index (χ0) is 90.9. The highest BCUT2D eigenvalue weighted by molar-refractivity contribution is 6.39. The summed E-state index contributed by atoms with van der Waals surface area (Å²) >= 11 is 0. The first kappa shape index (κ1) is 100. The van der Waals surface area contributed by atoms with Crippen molar-refractivity contribution in [3.8, 4) is 11.3 Å². The fraction of sp³-hybridized carbons (Fsp3) is 0.645. The van der Waals surface area contributed by atoms with Gasteiger partial charge in [0.1, 0.15) is 59.6 Å². The third kappa shape index (κ3) is 29.3. The van der Waals surface area contributed by atoms with Crippen molar-refractivity contribution < 1.29 is 115 Å². The van der Waals surface area contributed by atoms with Gasteiger partial charge < -0.3 is 108 Å². The van der Waals surface area contributed by atoms with Crippen LogP contribution in [0.4, 0.5) is 16.6 Å². The molecule has 0 radical (unpaired) electrons. The number of hydrogen-bond donors (Lipinski definition) is 5. The number of cyclic esters (lactones) is 1. The topological polar surface area (TPSA) is 429 Å². The number of alkyl carbamates (subject to hydrolysis) is 1. The number of oxazole rings is 1. The number of fused-ring (bicyclic) bond motifs is 6. The van der Waals surface area contributed by atoms with Crippen LogP contribution in [0.5, 0.6) is 0 Å². The molecule has 127 heavy (non-hydrogen) atoms. The van der Waals surface area contributed by atoms with E-state index in [-0.39, 0.29) is 80.7 Å². The van der Waals surface area contributed by atoms with Gasteiger partial charge in [-0.15, -0.1) is 0 Å². The number of nitrogen functional groups attached to an aromatic ring is 2. The van der Waals surface area contributed by atoms with E-state index >= 15 is 0 Å². The number of nitrogens with zero attached hydrogens (tertiary/aromatic N) is 7. The molecule has 2 aromatic carbocycles. The number of esters is 1. The number of benzene rings is 2. The molecule has 15 atom stereocenters. The van der Waals surface area contributed by atoms with Crippen molar-refractivity contribution in [1.29, 1.82) is 0 Å². The van der Waals surface area contributed by atoms with Crippen molar-refractivity contribution in [2.75, 3.05) is 158 Å². The molecule has 2 saturated heterocycles. The number of piperidine rings is 1. The maximum absolute atomic E-state index is 14.8. The number of ether oxygens (including phenoxy) is 14. The van der Waals surface area contributed by atoms with Gasteiger partial charge in [0.25, 0.3) is 17.7 Å². The molecule has 34 heteroatoms. The average molecular weight is 1780 g/mol. The zero-order valence-electron chi connectivity index (χ0n) is 75.5. The first-order chi connectivity index (χ1) is 61.3. The van der Waals surface area contributed by atoms with Crippen molar-refractivity contribution >= 4 is 75.2 Å². The second-order valence-corrected chi connectivity index (χ2v) is 33.9. The van der Waals surface area contributed by atoms with E-state index in [9.17, 15) is 43.8 Å². The number of aliphatic hydroxyl groups excluding tert-OH is 1. The van der Waals surface area contributed by atoms with E-state index in [1.165, 1.54) is 23.9 Å².